The number of carbonyl (C=O) groups is 3. The number of Topliss-reactive ketones (excluding diaryl/α,β-unsaturated/α-hetero) is 1. The molecule has 1 saturated heterocycles. The highest BCUT2D eigenvalue weighted by molar-refractivity contribution is 9.10. The van der Waals surface area contributed by atoms with Crippen molar-refractivity contribution in [3.8, 4) is 0 Å². The number of carbonyl (C=O) groups excluding carboxylic acids is 3. The highest BCUT2D eigenvalue weighted by atomic mass is 79.9. The van der Waals surface area contributed by atoms with E-state index >= 15 is 0 Å². The summed E-state index contributed by atoms with van der Waals surface area (Å²) >= 11 is 3.32. The quantitative estimate of drug-likeness (QED) is 0.555. The monoisotopic (exact) mass is 395 g/mol. The van der Waals surface area contributed by atoms with Crippen LogP contribution in [-0.2, 0) is 9.53 Å². The van der Waals surface area contributed by atoms with Gasteiger partial charge in [-0.05, 0) is 45.7 Å². The molecule has 0 bridgehead atoms. The Labute approximate surface area is 150 Å². The second-order valence-electron chi connectivity index (χ2n) is 6.89. The van der Waals surface area contributed by atoms with E-state index in [9.17, 15) is 14.4 Å². The maximum atomic E-state index is 12.7. The van der Waals surface area contributed by atoms with Crippen molar-refractivity contribution in [1.82, 2.24) is 4.90 Å². The van der Waals surface area contributed by atoms with Crippen molar-refractivity contribution in [2.75, 3.05) is 6.54 Å². The summed E-state index contributed by atoms with van der Waals surface area (Å²) in [5.41, 5.74) is -0.211. The van der Waals surface area contributed by atoms with Crippen LogP contribution in [0.25, 0.3) is 0 Å². The highest BCUT2D eigenvalue weighted by Gasteiger charge is 2.37. The van der Waals surface area contributed by atoms with E-state index in [1.807, 2.05) is 0 Å². The summed E-state index contributed by atoms with van der Waals surface area (Å²) in [5, 5.41) is 0. The summed E-state index contributed by atoms with van der Waals surface area (Å²) in [6.45, 7) is 5.53. The second-order valence-corrected chi connectivity index (χ2v) is 7.81. The molecular formula is C18H22BrNO4. The van der Waals surface area contributed by atoms with Crippen molar-refractivity contribution in [1.29, 1.82) is 0 Å². The predicted molar refractivity (Wildman–Crippen MR) is 93.8 cm³/mol. The molecule has 130 valence electrons. The number of likely N-dealkylation sites (tertiary alicyclic amines) is 1. The molecule has 1 atom stereocenters. The zero-order chi connectivity index (χ0) is 17.9. The first-order valence-electron chi connectivity index (χ1n) is 8.03. The molecule has 0 saturated carbocycles. The van der Waals surface area contributed by atoms with Gasteiger partial charge in [-0.25, -0.2) is 9.69 Å². The van der Waals surface area contributed by atoms with Crippen LogP contribution < -0.4 is 0 Å². The van der Waals surface area contributed by atoms with Crippen LogP contribution in [0.5, 0.6) is 0 Å². The smallest absolute Gasteiger partial charge is 0.417 e. The van der Waals surface area contributed by atoms with Crippen LogP contribution in [0.1, 0.15) is 50.4 Å². The molecular weight excluding hydrogens is 374 g/mol. The standard InChI is InChI=1S/C18H22BrNO4/c1-18(2,3)24-17(23)20-11-5-4-6-14(16(20)22)15(21)12-7-9-13(19)10-8-12/h7-10,14H,4-6,11H2,1-3H3. The maximum absolute atomic E-state index is 12.7. The number of benzene rings is 1. The minimum absolute atomic E-state index is 0.247. The van der Waals surface area contributed by atoms with Crippen LogP contribution in [0, 0.1) is 5.92 Å². The number of rotatable bonds is 2. The van der Waals surface area contributed by atoms with Gasteiger partial charge in [-0.3, -0.25) is 9.59 Å². The average Bonchev–Trinajstić information content (AvgIpc) is 2.67. The van der Waals surface area contributed by atoms with E-state index in [0.29, 0.717) is 18.4 Å². The zero-order valence-electron chi connectivity index (χ0n) is 14.2. The average molecular weight is 396 g/mol. The topological polar surface area (TPSA) is 63.7 Å². The van der Waals surface area contributed by atoms with E-state index in [1.165, 1.54) is 0 Å². The SMILES string of the molecule is CC(C)(C)OC(=O)N1CCCCC(C(=O)c2ccc(Br)cc2)C1=O. The van der Waals surface area contributed by atoms with E-state index in [0.717, 1.165) is 15.8 Å². The van der Waals surface area contributed by atoms with Gasteiger partial charge in [0, 0.05) is 16.6 Å². The minimum atomic E-state index is -0.832. The van der Waals surface area contributed by atoms with Crippen molar-refractivity contribution in [2.45, 2.75) is 45.6 Å². The van der Waals surface area contributed by atoms with E-state index in [1.54, 1.807) is 45.0 Å². The number of ether oxygens (including phenoxy) is 1. The van der Waals surface area contributed by atoms with Crippen molar-refractivity contribution in [3.05, 3.63) is 34.3 Å². The number of nitrogens with zero attached hydrogens (tertiary/aromatic N) is 1. The molecule has 0 aromatic heterocycles. The Bertz CT molecular complexity index is 633. The van der Waals surface area contributed by atoms with Crippen molar-refractivity contribution >= 4 is 33.7 Å². The van der Waals surface area contributed by atoms with Crippen LogP contribution in [0.2, 0.25) is 0 Å². The summed E-state index contributed by atoms with van der Waals surface area (Å²) in [5.74, 6) is -1.54. The van der Waals surface area contributed by atoms with E-state index < -0.39 is 23.5 Å². The fourth-order valence-electron chi connectivity index (χ4n) is 2.60. The summed E-state index contributed by atoms with van der Waals surface area (Å²) in [6, 6.07) is 6.89. The largest absolute Gasteiger partial charge is 0.443 e. The zero-order valence-corrected chi connectivity index (χ0v) is 15.8. The molecule has 1 aliphatic heterocycles. The molecule has 2 amide bonds. The number of imide groups is 1. The highest BCUT2D eigenvalue weighted by Crippen LogP contribution is 2.24. The molecule has 1 unspecified atom stereocenters. The summed E-state index contributed by atoms with van der Waals surface area (Å²) < 4.78 is 6.16. The summed E-state index contributed by atoms with van der Waals surface area (Å²) in [7, 11) is 0. The van der Waals surface area contributed by atoms with Crippen LogP contribution in [-0.4, -0.2) is 34.8 Å². The normalized spacial score (nSPS) is 18.9. The van der Waals surface area contributed by atoms with Gasteiger partial charge in [0.05, 0.1) is 0 Å². The Morgan fingerprint density at radius 1 is 1.17 bits per heavy atom. The third-order valence-corrected chi connectivity index (χ3v) is 4.28. The van der Waals surface area contributed by atoms with Crippen molar-refractivity contribution in [2.24, 2.45) is 5.92 Å². The molecule has 24 heavy (non-hydrogen) atoms. The molecule has 1 heterocycles. The fourth-order valence-corrected chi connectivity index (χ4v) is 2.86. The van der Waals surface area contributed by atoms with Gasteiger partial charge in [0.25, 0.3) is 0 Å². The molecule has 0 aliphatic carbocycles. The Morgan fingerprint density at radius 3 is 2.38 bits per heavy atom. The maximum Gasteiger partial charge on any atom is 0.417 e. The summed E-state index contributed by atoms with van der Waals surface area (Å²) in [4.78, 5) is 38.8. The van der Waals surface area contributed by atoms with Gasteiger partial charge in [-0.1, -0.05) is 34.5 Å². The minimum Gasteiger partial charge on any atom is -0.443 e. The predicted octanol–water partition coefficient (Wildman–Crippen LogP) is 4.20. The lowest BCUT2D eigenvalue weighted by Gasteiger charge is -2.26. The second kappa shape index (κ2) is 7.47. The van der Waals surface area contributed by atoms with E-state index in [2.05, 4.69) is 15.9 Å². The molecule has 6 heteroatoms. The van der Waals surface area contributed by atoms with Gasteiger partial charge in [0.1, 0.15) is 11.5 Å². The van der Waals surface area contributed by atoms with Gasteiger partial charge in [0.2, 0.25) is 5.91 Å². The lowest BCUT2D eigenvalue weighted by atomic mass is 9.92. The van der Waals surface area contributed by atoms with Gasteiger partial charge in [-0.2, -0.15) is 0 Å². The molecule has 0 spiro atoms. The van der Waals surface area contributed by atoms with Crippen LogP contribution in [0.3, 0.4) is 0 Å². The van der Waals surface area contributed by atoms with Gasteiger partial charge >= 0.3 is 6.09 Å². The van der Waals surface area contributed by atoms with Crippen molar-refractivity contribution in [3.63, 3.8) is 0 Å². The van der Waals surface area contributed by atoms with Crippen molar-refractivity contribution < 1.29 is 19.1 Å². The van der Waals surface area contributed by atoms with Crippen LogP contribution in [0.15, 0.2) is 28.7 Å². The van der Waals surface area contributed by atoms with Gasteiger partial charge in [-0.15, -0.1) is 0 Å². The molecule has 1 aromatic rings. The third kappa shape index (κ3) is 4.66. The van der Waals surface area contributed by atoms with Crippen LogP contribution >= 0.6 is 15.9 Å². The number of hydrogen-bond donors (Lipinski definition) is 0. The Hall–Kier alpha value is -1.69. The number of ketones is 1. The molecule has 0 N–H and O–H groups in total. The first-order chi connectivity index (χ1) is 11.2. The first-order valence-corrected chi connectivity index (χ1v) is 8.82. The fraction of sp³-hybridized carbons (Fsp3) is 0.500. The molecule has 1 fully saturated rings. The number of amides is 2. The molecule has 0 radical (unpaired) electrons. The lowest BCUT2D eigenvalue weighted by Crippen LogP contribution is -2.44. The van der Waals surface area contributed by atoms with E-state index in [4.69, 9.17) is 4.74 Å². The Morgan fingerprint density at radius 2 is 1.79 bits per heavy atom. The molecule has 5 nitrogen and oxygen atoms in total. The number of hydrogen-bond acceptors (Lipinski definition) is 4. The Balaban J connectivity index is 2.20. The third-order valence-electron chi connectivity index (χ3n) is 3.75. The van der Waals surface area contributed by atoms with Gasteiger partial charge < -0.3 is 4.74 Å². The van der Waals surface area contributed by atoms with E-state index in [-0.39, 0.29) is 12.3 Å². The Kier molecular flexibility index (Phi) is 5.80. The number of halogens is 1. The van der Waals surface area contributed by atoms with Crippen LogP contribution in [0.4, 0.5) is 4.79 Å². The summed E-state index contributed by atoms with van der Waals surface area (Å²) in [6.07, 6.45) is 1.17. The van der Waals surface area contributed by atoms with Gasteiger partial charge in [0.15, 0.2) is 5.78 Å². The first kappa shape index (κ1) is 18.6. The molecule has 1 aromatic carbocycles. The lowest BCUT2D eigenvalue weighted by molar-refractivity contribution is -0.132. The molecule has 1 aliphatic rings. The molecule has 2 rings (SSSR count).